The maximum atomic E-state index is 7.68. The first-order chi connectivity index (χ1) is 7.73. The van der Waals surface area contributed by atoms with Crippen molar-refractivity contribution < 1.29 is 8.22 Å². The predicted octanol–water partition coefficient (Wildman–Crippen LogP) is 1.69. The summed E-state index contributed by atoms with van der Waals surface area (Å²) >= 11 is 5.73. The lowest BCUT2D eigenvalue weighted by molar-refractivity contribution is 1.07. The lowest BCUT2D eigenvalue weighted by Gasteiger charge is -1.96. The molecule has 0 atom stereocenters. The average molecular weight is 174 g/mol. The quantitative estimate of drug-likeness (QED) is 0.607. The van der Waals surface area contributed by atoms with E-state index in [1.54, 1.807) is 0 Å². The van der Waals surface area contributed by atoms with E-state index >= 15 is 0 Å². The zero-order valence-electron chi connectivity index (χ0n) is 11.2. The molecule has 0 radical (unpaired) electrons. The first-order valence-corrected chi connectivity index (χ1v) is 3.13. The van der Waals surface area contributed by atoms with E-state index in [4.69, 9.17) is 19.8 Å². The van der Waals surface area contributed by atoms with E-state index in [0.717, 1.165) is 4.40 Å². The molecular weight excluding hydrogens is 162 g/mol. The van der Waals surface area contributed by atoms with Gasteiger partial charge in [-0.3, -0.25) is 0 Å². The summed E-state index contributed by atoms with van der Waals surface area (Å²) in [5.74, 6) is 0. The number of aromatic nitrogens is 3. The van der Waals surface area contributed by atoms with Crippen LogP contribution in [-0.2, 0) is 0 Å². The molecule has 0 unspecified atom stereocenters. The second-order valence-corrected chi connectivity index (χ2v) is 2.22. The molecule has 0 aliphatic rings. The minimum Gasteiger partial charge on any atom is -0.303 e. The first-order valence-electron chi connectivity index (χ1n) is 5.75. The molecule has 56 valence electrons. The van der Waals surface area contributed by atoms with Crippen molar-refractivity contribution in [3.63, 3.8) is 0 Å². The molecule has 0 spiro atoms. The van der Waals surface area contributed by atoms with Crippen LogP contribution in [0.25, 0.3) is 5.65 Å². The lowest BCUT2D eigenvalue weighted by atomic mass is 10.5. The molecule has 2 aromatic heterocycles. The van der Waals surface area contributed by atoms with E-state index in [1.165, 1.54) is 0 Å². The third-order valence-corrected chi connectivity index (χ3v) is 1.40. The first kappa shape index (κ1) is 2.75. The molecule has 0 aromatic carbocycles. The van der Waals surface area contributed by atoms with Crippen molar-refractivity contribution in [3.8, 4) is 0 Å². The van der Waals surface area contributed by atoms with Gasteiger partial charge in [-0.2, -0.15) is 0 Å². The van der Waals surface area contributed by atoms with Crippen LogP contribution in [0.1, 0.15) is 13.9 Å². The zero-order valence-corrected chi connectivity index (χ0v) is 5.98. The fourth-order valence-electron chi connectivity index (χ4n) is 0.729. The van der Waals surface area contributed by atoms with E-state index in [2.05, 4.69) is 9.97 Å². The van der Waals surface area contributed by atoms with Crippen molar-refractivity contribution in [2.75, 3.05) is 0 Å². The summed E-state index contributed by atoms with van der Waals surface area (Å²) in [5, 5.41) is -0.237. The Kier molecular flexibility index (Phi) is 0.551. The topological polar surface area (TPSA) is 30.2 Å². The van der Waals surface area contributed by atoms with Crippen LogP contribution in [0, 0.1) is 6.85 Å². The summed E-state index contributed by atoms with van der Waals surface area (Å²) in [4.78, 5) is 7.23. The zero-order chi connectivity index (χ0) is 13.0. The van der Waals surface area contributed by atoms with Crippen LogP contribution in [0.4, 0.5) is 0 Å². The predicted molar refractivity (Wildman–Crippen MR) is 42.7 cm³/mol. The molecule has 0 bridgehead atoms. The minimum absolute atomic E-state index is 0.0559. The SMILES string of the molecule is [2H]c1nc2c(Cl)nc(C([2H])([2H])[2H])c([2H])n2c1[2H]. The smallest absolute Gasteiger partial charge is 0.174 e. The number of hydrogen-bond acceptors (Lipinski definition) is 2. The monoisotopic (exact) mass is 173 g/mol. The van der Waals surface area contributed by atoms with Gasteiger partial charge in [0.25, 0.3) is 0 Å². The van der Waals surface area contributed by atoms with Gasteiger partial charge in [0.2, 0.25) is 0 Å². The molecule has 0 N–H and O–H groups in total. The number of halogens is 1. The summed E-state index contributed by atoms with van der Waals surface area (Å²) in [6, 6.07) is 0. The van der Waals surface area contributed by atoms with Crippen molar-refractivity contribution in [1.29, 1.82) is 0 Å². The summed E-state index contributed by atoms with van der Waals surface area (Å²) < 4.78 is 45.1. The van der Waals surface area contributed by atoms with Gasteiger partial charge in [-0.25, -0.2) is 9.97 Å². The number of rotatable bonds is 0. The van der Waals surface area contributed by atoms with Gasteiger partial charge in [-0.1, -0.05) is 11.6 Å². The summed E-state index contributed by atoms with van der Waals surface area (Å²) in [7, 11) is 0. The Hall–Kier alpha value is -1.09. The summed E-state index contributed by atoms with van der Waals surface area (Å²) in [6.45, 7) is -2.60. The second kappa shape index (κ2) is 2.20. The third-order valence-electron chi connectivity index (χ3n) is 1.15. The summed E-state index contributed by atoms with van der Waals surface area (Å²) in [6.07, 6.45) is -1.27. The highest BCUT2D eigenvalue weighted by Crippen LogP contribution is 2.12. The number of hydrogen-bond donors (Lipinski definition) is 0. The Morgan fingerprint density at radius 1 is 1.82 bits per heavy atom. The van der Waals surface area contributed by atoms with E-state index < -0.39 is 18.7 Å². The average Bonchev–Trinajstić information content (AvgIpc) is 2.49. The molecule has 2 aromatic rings. The van der Waals surface area contributed by atoms with Gasteiger partial charge in [-0.15, -0.1) is 0 Å². The van der Waals surface area contributed by atoms with Crippen LogP contribution in [-0.4, -0.2) is 14.4 Å². The van der Waals surface area contributed by atoms with Crippen molar-refractivity contribution in [3.05, 3.63) is 29.4 Å². The van der Waals surface area contributed by atoms with Crippen LogP contribution in [0.3, 0.4) is 0 Å². The fraction of sp³-hybridized carbons (Fsp3) is 0.143. The number of imidazole rings is 1. The van der Waals surface area contributed by atoms with Gasteiger partial charge >= 0.3 is 0 Å². The van der Waals surface area contributed by atoms with E-state index in [0.29, 0.717) is 0 Å². The van der Waals surface area contributed by atoms with Gasteiger partial charge in [0.1, 0.15) is 0 Å². The lowest BCUT2D eigenvalue weighted by Crippen LogP contribution is -1.90. The molecule has 11 heavy (non-hydrogen) atoms. The Balaban J connectivity index is 2.93. The molecule has 0 saturated heterocycles. The molecule has 0 fully saturated rings. The molecular formula is C7H6ClN3. The van der Waals surface area contributed by atoms with Gasteiger partial charge in [-0.05, 0) is 6.85 Å². The second-order valence-electron chi connectivity index (χ2n) is 1.86. The van der Waals surface area contributed by atoms with Crippen LogP contribution in [0.15, 0.2) is 18.5 Å². The number of nitrogens with zero attached hydrogens (tertiary/aromatic N) is 3. The maximum Gasteiger partial charge on any atom is 0.174 e. The Labute approximate surface area is 77.1 Å². The van der Waals surface area contributed by atoms with Gasteiger partial charge in [0.05, 0.1) is 9.81 Å². The molecule has 0 saturated carbocycles. The van der Waals surface area contributed by atoms with Crippen molar-refractivity contribution >= 4 is 17.2 Å². The maximum absolute atomic E-state index is 7.68. The van der Waals surface area contributed by atoms with Gasteiger partial charge in [0.15, 0.2) is 10.8 Å². The number of aryl methyl sites for hydroxylation is 1. The van der Waals surface area contributed by atoms with Crippen LogP contribution < -0.4 is 0 Å². The molecule has 0 aliphatic carbocycles. The van der Waals surface area contributed by atoms with Crippen molar-refractivity contribution in [2.24, 2.45) is 0 Å². The van der Waals surface area contributed by atoms with E-state index in [-0.39, 0.29) is 23.1 Å². The summed E-state index contributed by atoms with van der Waals surface area (Å²) in [5.41, 5.74) is -0.569. The Morgan fingerprint density at radius 3 is 3.55 bits per heavy atom. The van der Waals surface area contributed by atoms with E-state index in [9.17, 15) is 0 Å². The van der Waals surface area contributed by atoms with Crippen LogP contribution in [0.2, 0.25) is 5.15 Å². The third kappa shape index (κ3) is 0.973. The number of fused-ring (bicyclic) bond motifs is 1. The molecule has 3 nitrogen and oxygen atoms in total. The molecule has 2 heterocycles. The Bertz CT molecular complexity index is 604. The minimum atomic E-state index is -2.60. The van der Waals surface area contributed by atoms with Gasteiger partial charge < -0.3 is 4.40 Å². The van der Waals surface area contributed by atoms with Crippen LogP contribution >= 0.6 is 11.6 Å². The van der Waals surface area contributed by atoms with Crippen LogP contribution in [0.5, 0.6) is 0 Å². The van der Waals surface area contributed by atoms with Gasteiger partial charge in [0, 0.05) is 22.6 Å². The van der Waals surface area contributed by atoms with E-state index in [1.807, 2.05) is 0 Å². The molecule has 4 heteroatoms. The van der Waals surface area contributed by atoms with Crippen molar-refractivity contribution in [2.45, 2.75) is 6.85 Å². The molecule has 0 aliphatic heterocycles. The normalized spacial score (nSPS) is 19.7. The molecule has 2 rings (SSSR count). The largest absolute Gasteiger partial charge is 0.303 e. The highest BCUT2D eigenvalue weighted by Gasteiger charge is 2.00. The highest BCUT2D eigenvalue weighted by atomic mass is 35.5. The fourth-order valence-corrected chi connectivity index (χ4v) is 0.941. The highest BCUT2D eigenvalue weighted by molar-refractivity contribution is 6.32. The standard InChI is InChI=1S/C7H6ClN3/c1-5-4-11-3-2-9-7(11)6(8)10-5/h2-4H,1H3/i1D3,2D,3D,4D. The Morgan fingerprint density at radius 2 is 2.73 bits per heavy atom. The van der Waals surface area contributed by atoms with Crippen molar-refractivity contribution in [1.82, 2.24) is 14.4 Å². The molecule has 0 amide bonds.